The average molecular weight is 751 g/mol. The molecule has 5 rings (SSSR count). The number of aliphatic hydroxyl groups excluding tert-OH is 3. The second-order valence-corrected chi connectivity index (χ2v) is 18.2. The van der Waals surface area contributed by atoms with Crippen molar-refractivity contribution in [2.45, 2.75) is 174 Å². The summed E-state index contributed by atoms with van der Waals surface area (Å²) in [5, 5.41) is 40.7. The first-order valence-electron chi connectivity index (χ1n) is 20.4. The zero-order valence-electron chi connectivity index (χ0n) is 32.7. The van der Waals surface area contributed by atoms with E-state index >= 15 is 0 Å². The van der Waals surface area contributed by atoms with E-state index in [1.54, 1.807) is 0 Å². The Balaban J connectivity index is 1.18. The fourth-order valence-corrected chi connectivity index (χ4v) is 12.0. The van der Waals surface area contributed by atoms with Crippen LogP contribution in [0.1, 0.15) is 131 Å². The number of carboxylic acids is 1. The number of carbonyl (C=O) groups excluding carboxylic acids is 3. The Kier molecular flexibility index (Phi) is 13.6. The lowest BCUT2D eigenvalue weighted by atomic mass is 9.44. The van der Waals surface area contributed by atoms with Gasteiger partial charge in [-0.3, -0.25) is 14.4 Å². The Labute approximate surface area is 315 Å². The van der Waals surface area contributed by atoms with Crippen molar-refractivity contribution in [3.63, 3.8) is 0 Å². The average Bonchev–Trinajstić information content (AvgIpc) is 3.45. The summed E-state index contributed by atoms with van der Waals surface area (Å²) in [7, 11) is 0. The van der Waals surface area contributed by atoms with Crippen molar-refractivity contribution < 1.29 is 58.6 Å². The molecule has 0 heterocycles. The number of aliphatic hydroxyl groups is 3. The Hall–Kier alpha value is -2.28. The summed E-state index contributed by atoms with van der Waals surface area (Å²) < 4.78 is 22.1. The molecule has 0 amide bonds. The highest BCUT2D eigenvalue weighted by Gasteiger charge is 2.61. The van der Waals surface area contributed by atoms with Gasteiger partial charge in [0, 0.05) is 6.92 Å². The standard InChI is InChI=1S/C41H66O12/c1-22(2)8-7-9-23(3)28-12-13-29-27-11-10-25-20-26(16-18-40(25,5)30(27)17-19-41(28,29)6)50-21-33(46)53-39-37(51-24(4)42)35(48)34(47)36(49)38(39)52-32(45)15-14-31(43)44/h22-23,25-30,34-39,47-49H,7-21H2,1-6H3,(H,43,44)/t23?,25?,26-,27?,28+,29?,30?,34+,35+,36-,37+,38+,39+,40-,41+/m0/s1. The van der Waals surface area contributed by atoms with Gasteiger partial charge in [0.15, 0.2) is 18.3 Å². The van der Waals surface area contributed by atoms with Crippen LogP contribution in [0.5, 0.6) is 0 Å². The highest BCUT2D eigenvalue weighted by atomic mass is 16.6. The maximum atomic E-state index is 13.2. The van der Waals surface area contributed by atoms with Crippen LogP contribution in [0.4, 0.5) is 0 Å². The molecule has 0 aromatic carbocycles. The lowest BCUT2D eigenvalue weighted by Crippen LogP contribution is -2.66. The van der Waals surface area contributed by atoms with Gasteiger partial charge < -0.3 is 39.4 Å². The maximum absolute atomic E-state index is 13.2. The van der Waals surface area contributed by atoms with Crippen LogP contribution in [0.3, 0.4) is 0 Å². The first kappa shape index (κ1) is 41.9. The number of hydrogen-bond donors (Lipinski definition) is 4. The number of rotatable bonds is 14. The monoisotopic (exact) mass is 750 g/mol. The van der Waals surface area contributed by atoms with E-state index in [1.807, 2.05) is 0 Å². The van der Waals surface area contributed by atoms with Crippen LogP contribution in [-0.4, -0.2) is 93.6 Å². The first-order valence-corrected chi connectivity index (χ1v) is 20.4. The Bertz CT molecular complexity index is 1300. The van der Waals surface area contributed by atoms with Crippen molar-refractivity contribution >= 4 is 23.9 Å². The van der Waals surface area contributed by atoms with E-state index in [9.17, 15) is 34.5 Å². The maximum Gasteiger partial charge on any atom is 0.332 e. The van der Waals surface area contributed by atoms with Crippen LogP contribution in [0.15, 0.2) is 0 Å². The summed E-state index contributed by atoms with van der Waals surface area (Å²) >= 11 is 0. The van der Waals surface area contributed by atoms with Crippen molar-refractivity contribution in [2.24, 2.45) is 52.3 Å². The van der Waals surface area contributed by atoms with Crippen LogP contribution >= 0.6 is 0 Å². The topological polar surface area (TPSA) is 186 Å². The molecule has 0 aromatic rings. The summed E-state index contributed by atoms with van der Waals surface area (Å²) in [4.78, 5) is 48.5. The van der Waals surface area contributed by atoms with Gasteiger partial charge in [0.25, 0.3) is 0 Å². The Morgan fingerprint density at radius 3 is 2.02 bits per heavy atom. The Morgan fingerprint density at radius 1 is 0.717 bits per heavy atom. The normalized spacial score (nSPS) is 41.4. The molecule has 0 radical (unpaired) electrons. The molecule has 0 bridgehead atoms. The molecule has 4 N–H and O–H groups in total. The molecule has 5 unspecified atom stereocenters. The molecule has 5 fully saturated rings. The lowest BCUT2D eigenvalue weighted by molar-refractivity contribution is -0.248. The minimum absolute atomic E-state index is 0.160. The molecule has 5 saturated carbocycles. The number of carbonyl (C=O) groups is 4. The number of aliphatic carboxylic acids is 1. The third-order valence-corrected chi connectivity index (χ3v) is 14.7. The Morgan fingerprint density at radius 2 is 1.36 bits per heavy atom. The van der Waals surface area contributed by atoms with Gasteiger partial charge in [0.05, 0.1) is 18.9 Å². The quantitative estimate of drug-likeness (QED) is 0.134. The van der Waals surface area contributed by atoms with E-state index in [4.69, 9.17) is 24.1 Å². The van der Waals surface area contributed by atoms with E-state index in [1.165, 1.54) is 51.4 Å². The molecule has 0 aromatic heterocycles. The van der Waals surface area contributed by atoms with Gasteiger partial charge in [-0.1, -0.05) is 53.9 Å². The largest absolute Gasteiger partial charge is 0.481 e. The molecule has 12 heteroatoms. The minimum Gasteiger partial charge on any atom is -0.481 e. The molecule has 12 nitrogen and oxygen atoms in total. The molecule has 5 aliphatic carbocycles. The third-order valence-electron chi connectivity index (χ3n) is 14.7. The van der Waals surface area contributed by atoms with E-state index < -0.39 is 79.9 Å². The SMILES string of the molecule is CC(=O)O[C@@H]1[C@H](O)[C@@H](O)[C@H](O)[C@@H](OC(=O)CCC(=O)O)[C@@H]1OC(=O)CO[C@H]1CC[C@@]2(C)C(CCC3C2CC[C@@]2(C)C3CC[C@@H]2C(C)CCCC(C)C)C1. The number of fused-ring (bicyclic) bond motifs is 5. The zero-order chi connectivity index (χ0) is 38.8. The molecular weight excluding hydrogens is 684 g/mol. The number of carboxylic acid groups (broad SMARTS) is 1. The molecule has 0 saturated heterocycles. The summed E-state index contributed by atoms with van der Waals surface area (Å²) in [6, 6.07) is 0. The molecule has 0 aliphatic heterocycles. The van der Waals surface area contributed by atoms with Gasteiger partial charge in [-0.15, -0.1) is 0 Å². The number of ether oxygens (including phenoxy) is 4. The number of hydrogen-bond acceptors (Lipinski definition) is 11. The fraction of sp³-hybridized carbons (Fsp3) is 0.902. The van der Waals surface area contributed by atoms with Crippen LogP contribution in [0.2, 0.25) is 0 Å². The van der Waals surface area contributed by atoms with Crippen molar-refractivity contribution in [3.8, 4) is 0 Å². The molecule has 302 valence electrons. The van der Waals surface area contributed by atoms with Gasteiger partial charge >= 0.3 is 23.9 Å². The molecule has 53 heavy (non-hydrogen) atoms. The van der Waals surface area contributed by atoms with E-state index in [-0.39, 0.29) is 11.5 Å². The summed E-state index contributed by atoms with van der Waals surface area (Å²) in [5.41, 5.74) is 0.671. The molecular formula is C41H66O12. The summed E-state index contributed by atoms with van der Waals surface area (Å²) in [6.45, 7) is 12.9. The number of esters is 3. The van der Waals surface area contributed by atoms with Crippen LogP contribution in [-0.2, 0) is 38.1 Å². The van der Waals surface area contributed by atoms with E-state index in [2.05, 4.69) is 34.6 Å². The van der Waals surface area contributed by atoms with Crippen molar-refractivity contribution in [1.82, 2.24) is 0 Å². The summed E-state index contributed by atoms with van der Waals surface area (Å²) in [6.07, 6.45) is 2.37. The van der Waals surface area contributed by atoms with Crippen molar-refractivity contribution in [1.29, 1.82) is 0 Å². The van der Waals surface area contributed by atoms with Crippen molar-refractivity contribution in [2.75, 3.05) is 6.61 Å². The predicted molar refractivity (Wildman–Crippen MR) is 193 cm³/mol. The third kappa shape index (κ3) is 9.07. The molecule has 0 spiro atoms. The smallest absolute Gasteiger partial charge is 0.332 e. The second kappa shape index (κ2) is 17.2. The van der Waals surface area contributed by atoms with Gasteiger partial charge in [0.2, 0.25) is 0 Å². The second-order valence-electron chi connectivity index (χ2n) is 18.2. The van der Waals surface area contributed by atoms with Crippen LogP contribution in [0.25, 0.3) is 0 Å². The highest BCUT2D eigenvalue weighted by molar-refractivity contribution is 5.77. The van der Waals surface area contributed by atoms with Gasteiger partial charge in [-0.2, -0.15) is 0 Å². The van der Waals surface area contributed by atoms with Gasteiger partial charge in [-0.25, -0.2) is 4.79 Å². The van der Waals surface area contributed by atoms with Crippen molar-refractivity contribution in [3.05, 3.63) is 0 Å². The summed E-state index contributed by atoms with van der Waals surface area (Å²) in [5.74, 6) is 1.09. The van der Waals surface area contributed by atoms with E-state index in [0.29, 0.717) is 17.3 Å². The molecule has 15 atom stereocenters. The lowest BCUT2D eigenvalue weighted by Gasteiger charge is -2.61. The fourth-order valence-electron chi connectivity index (χ4n) is 12.0. The van der Waals surface area contributed by atoms with Crippen LogP contribution in [0, 0.1) is 52.3 Å². The van der Waals surface area contributed by atoms with Gasteiger partial charge in [-0.05, 0) is 110 Å². The van der Waals surface area contributed by atoms with Crippen LogP contribution < -0.4 is 0 Å². The van der Waals surface area contributed by atoms with Gasteiger partial charge in [0.1, 0.15) is 24.9 Å². The first-order chi connectivity index (χ1) is 25.0. The predicted octanol–water partition coefficient (Wildman–Crippen LogP) is 5.21. The zero-order valence-corrected chi connectivity index (χ0v) is 32.7. The molecule has 5 aliphatic rings. The highest BCUT2D eigenvalue weighted by Crippen LogP contribution is 2.68. The minimum atomic E-state index is -1.92. The van der Waals surface area contributed by atoms with E-state index in [0.717, 1.165) is 62.2 Å².